The Kier molecular flexibility index (Phi) is 5.04. The molecule has 0 radical (unpaired) electrons. The van der Waals surface area contributed by atoms with Gasteiger partial charge >= 0.3 is 6.03 Å². The minimum Gasteiger partial charge on any atom is -0.351 e. The first-order valence-corrected chi connectivity index (χ1v) is 6.73. The van der Waals surface area contributed by atoms with Crippen LogP contribution in [0.1, 0.15) is 34.8 Å². The smallest absolute Gasteiger partial charge is 0.319 e. The van der Waals surface area contributed by atoms with Crippen molar-refractivity contribution >= 4 is 11.9 Å². The van der Waals surface area contributed by atoms with Crippen LogP contribution in [-0.2, 0) is 0 Å². The third-order valence-electron chi connectivity index (χ3n) is 2.96. The van der Waals surface area contributed by atoms with Crippen molar-refractivity contribution in [3.8, 4) is 0 Å². The van der Waals surface area contributed by atoms with Crippen molar-refractivity contribution < 1.29 is 9.59 Å². The first-order valence-electron chi connectivity index (χ1n) is 6.73. The van der Waals surface area contributed by atoms with Crippen LogP contribution in [0.4, 0.5) is 4.79 Å². The maximum absolute atomic E-state index is 11.0. The third-order valence-corrected chi connectivity index (χ3v) is 2.96. The second-order valence-electron chi connectivity index (χ2n) is 4.71. The van der Waals surface area contributed by atoms with Crippen LogP contribution in [0, 0.1) is 0 Å². The van der Waals surface area contributed by atoms with Gasteiger partial charge in [0.1, 0.15) is 0 Å². The predicted molar refractivity (Wildman–Crippen MR) is 79.7 cm³/mol. The summed E-state index contributed by atoms with van der Waals surface area (Å²) in [5.41, 5.74) is 6.45. The number of primary amides is 1. The second kappa shape index (κ2) is 7.19. The Morgan fingerprint density at radius 1 is 1.05 bits per heavy atom. The van der Waals surface area contributed by atoms with Gasteiger partial charge in [-0.25, -0.2) is 4.79 Å². The van der Waals surface area contributed by atoms with Crippen LogP contribution in [0.3, 0.4) is 0 Å². The highest BCUT2D eigenvalue weighted by Gasteiger charge is 2.23. The average Bonchev–Trinajstić information content (AvgIpc) is 3.34. The maximum Gasteiger partial charge on any atom is 0.319 e. The van der Waals surface area contributed by atoms with Crippen molar-refractivity contribution in [2.24, 2.45) is 5.73 Å². The minimum atomic E-state index is -0.844. The van der Waals surface area contributed by atoms with E-state index >= 15 is 0 Å². The number of aromatic nitrogens is 1. The quantitative estimate of drug-likeness (QED) is 0.887. The van der Waals surface area contributed by atoms with E-state index in [0.29, 0.717) is 5.56 Å². The monoisotopic (exact) mass is 283 g/mol. The van der Waals surface area contributed by atoms with E-state index in [9.17, 15) is 9.59 Å². The van der Waals surface area contributed by atoms with E-state index in [0.717, 1.165) is 5.92 Å². The zero-order chi connectivity index (χ0) is 15.1. The number of benzene rings is 1. The summed E-state index contributed by atoms with van der Waals surface area (Å²) in [5.74, 6) is 0.314. The van der Waals surface area contributed by atoms with Crippen molar-refractivity contribution in [2.75, 3.05) is 0 Å². The van der Waals surface area contributed by atoms with Gasteiger partial charge in [0.05, 0.1) is 0 Å². The van der Waals surface area contributed by atoms with Gasteiger partial charge in [-0.2, -0.15) is 0 Å². The van der Waals surface area contributed by atoms with Gasteiger partial charge in [0.2, 0.25) is 0 Å². The molecule has 3 amide bonds. The van der Waals surface area contributed by atoms with E-state index < -0.39 is 11.9 Å². The Hall–Kier alpha value is -2.69. The molecule has 0 unspecified atom stereocenters. The number of nitrogens with zero attached hydrogens (tertiary/aromatic N) is 1. The number of urea groups is 1. The topological polar surface area (TPSA) is 85.1 Å². The van der Waals surface area contributed by atoms with Crippen molar-refractivity contribution in [2.45, 2.75) is 18.8 Å². The molecule has 1 aliphatic carbocycles. The number of carbonyl (C=O) groups is 2. The van der Waals surface area contributed by atoms with E-state index in [4.69, 9.17) is 5.73 Å². The molecule has 1 aromatic heterocycles. The van der Waals surface area contributed by atoms with Crippen molar-refractivity contribution in [3.63, 3.8) is 0 Å². The number of amides is 3. The molecule has 108 valence electrons. The van der Waals surface area contributed by atoms with E-state index in [1.165, 1.54) is 18.5 Å². The van der Waals surface area contributed by atoms with Crippen LogP contribution in [0.2, 0.25) is 0 Å². The number of nitrogens with two attached hydrogens (primary N) is 1. The van der Waals surface area contributed by atoms with Gasteiger partial charge in [0.25, 0.3) is 5.91 Å². The molecule has 5 nitrogen and oxygen atoms in total. The number of rotatable bonds is 2. The zero-order valence-corrected chi connectivity index (χ0v) is 11.5. The summed E-state index contributed by atoms with van der Waals surface area (Å²) >= 11 is 0. The predicted octanol–water partition coefficient (Wildman–Crippen LogP) is 2.45. The number of carbonyl (C=O) groups excluding carboxylic acids is 2. The standard InChI is InChI=1S/C8H8N2O2.C8H9N/c9-8(12)10-7(11)6-4-2-1-3-5-6;1-2-6-9-8(3-1)7-4-5-7/h1-5H,(H3,9,10,11,12);1-3,6-7H,4-5H2. The Morgan fingerprint density at radius 2 is 1.71 bits per heavy atom. The lowest BCUT2D eigenvalue weighted by Crippen LogP contribution is -2.34. The van der Waals surface area contributed by atoms with Gasteiger partial charge < -0.3 is 5.73 Å². The van der Waals surface area contributed by atoms with Gasteiger partial charge in [0, 0.05) is 23.4 Å². The number of hydrogen-bond donors (Lipinski definition) is 2. The largest absolute Gasteiger partial charge is 0.351 e. The minimum absolute atomic E-state index is 0.413. The lowest BCUT2D eigenvalue weighted by Gasteiger charge is -1.98. The van der Waals surface area contributed by atoms with Gasteiger partial charge in [-0.15, -0.1) is 0 Å². The number of nitrogens with one attached hydrogen (secondary N) is 1. The van der Waals surface area contributed by atoms with Crippen LogP contribution in [0.5, 0.6) is 0 Å². The molecule has 0 saturated heterocycles. The summed E-state index contributed by atoms with van der Waals surface area (Å²) < 4.78 is 0. The van der Waals surface area contributed by atoms with Gasteiger partial charge in [0.15, 0.2) is 0 Å². The highest BCUT2D eigenvalue weighted by Crippen LogP contribution is 2.38. The Labute approximate surface area is 123 Å². The first-order chi connectivity index (χ1) is 10.2. The van der Waals surface area contributed by atoms with Crippen LogP contribution in [0.25, 0.3) is 0 Å². The molecule has 0 atom stereocenters. The molecule has 1 aliphatic rings. The molecule has 1 saturated carbocycles. The molecular weight excluding hydrogens is 266 g/mol. The SMILES string of the molecule is NC(=O)NC(=O)c1ccccc1.c1ccc(C2CC2)nc1. The van der Waals surface area contributed by atoms with E-state index in [1.54, 1.807) is 30.3 Å². The van der Waals surface area contributed by atoms with E-state index in [-0.39, 0.29) is 0 Å². The number of imide groups is 1. The highest BCUT2D eigenvalue weighted by atomic mass is 16.2. The van der Waals surface area contributed by atoms with Crippen molar-refractivity contribution in [3.05, 3.63) is 66.0 Å². The Bertz CT molecular complexity index is 595. The number of hydrogen-bond acceptors (Lipinski definition) is 3. The molecule has 5 heteroatoms. The maximum atomic E-state index is 11.0. The molecule has 1 heterocycles. The van der Waals surface area contributed by atoms with Crippen LogP contribution in [0.15, 0.2) is 54.7 Å². The summed E-state index contributed by atoms with van der Waals surface area (Å²) in [4.78, 5) is 25.6. The molecule has 1 aromatic carbocycles. The van der Waals surface area contributed by atoms with Crippen molar-refractivity contribution in [1.82, 2.24) is 10.3 Å². The van der Waals surface area contributed by atoms with Gasteiger partial charge in [-0.1, -0.05) is 24.3 Å². The van der Waals surface area contributed by atoms with E-state index in [2.05, 4.69) is 17.1 Å². The average molecular weight is 283 g/mol. The summed E-state index contributed by atoms with van der Waals surface area (Å²) in [6.07, 6.45) is 4.56. The molecule has 2 aromatic rings. The summed E-state index contributed by atoms with van der Waals surface area (Å²) in [6, 6.07) is 13.7. The molecule has 0 spiro atoms. The van der Waals surface area contributed by atoms with Crippen LogP contribution >= 0.6 is 0 Å². The van der Waals surface area contributed by atoms with Crippen molar-refractivity contribution in [1.29, 1.82) is 0 Å². The zero-order valence-electron chi connectivity index (χ0n) is 11.5. The third kappa shape index (κ3) is 5.06. The molecule has 0 aliphatic heterocycles. The fourth-order valence-corrected chi connectivity index (χ4v) is 1.77. The lowest BCUT2D eigenvalue weighted by molar-refractivity contribution is 0.0966. The lowest BCUT2D eigenvalue weighted by atomic mass is 10.2. The highest BCUT2D eigenvalue weighted by molar-refractivity contribution is 6.03. The summed E-state index contributed by atoms with van der Waals surface area (Å²) in [7, 11) is 0. The van der Waals surface area contributed by atoms with E-state index in [1.807, 2.05) is 17.6 Å². The molecular formula is C16H17N3O2. The summed E-state index contributed by atoms with van der Waals surface area (Å²) in [5, 5.41) is 1.96. The van der Waals surface area contributed by atoms with Crippen LogP contribution in [-0.4, -0.2) is 16.9 Å². The fourth-order valence-electron chi connectivity index (χ4n) is 1.77. The van der Waals surface area contributed by atoms with Crippen LogP contribution < -0.4 is 11.1 Å². The Morgan fingerprint density at radius 3 is 2.24 bits per heavy atom. The molecule has 0 bridgehead atoms. The molecule has 1 fully saturated rings. The Balaban J connectivity index is 0.000000159. The second-order valence-corrected chi connectivity index (χ2v) is 4.71. The fraction of sp³-hybridized carbons (Fsp3) is 0.188. The first kappa shape index (κ1) is 14.7. The molecule has 21 heavy (non-hydrogen) atoms. The normalized spacial score (nSPS) is 12.8. The summed E-state index contributed by atoms with van der Waals surface area (Å²) in [6.45, 7) is 0. The molecule has 3 rings (SSSR count). The number of pyridine rings is 1. The van der Waals surface area contributed by atoms with Gasteiger partial charge in [-0.05, 0) is 37.1 Å². The molecule has 3 N–H and O–H groups in total. The van der Waals surface area contributed by atoms with Gasteiger partial charge in [-0.3, -0.25) is 15.1 Å².